The van der Waals surface area contributed by atoms with Crippen molar-refractivity contribution in [1.29, 1.82) is 0 Å². The summed E-state index contributed by atoms with van der Waals surface area (Å²) >= 11 is 0. The van der Waals surface area contributed by atoms with Crippen molar-refractivity contribution in [1.82, 2.24) is 0 Å². The second-order valence-electron chi connectivity index (χ2n) is 2.19. The molecule has 0 heterocycles. The van der Waals surface area contributed by atoms with E-state index < -0.39 is 0 Å². The van der Waals surface area contributed by atoms with Gasteiger partial charge in [0.05, 0.1) is 0 Å². The molecule has 1 rings (SSSR count). The topological polar surface area (TPSA) is 0 Å². The fraction of sp³-hybridized carbons (Fsp3) is 0.400. The molecule has 0 radical (unpaired) electrons. The summed E-state index contributed by atoms with van der Waals surface area (Å²) in [6.45, 7) is 6.25. The SMILES string of the molecule is CC1=C=C=CC=C1.CCC. The van der Waals surface area contributed by atoms with Crippen LogP contribution in [0.15, 0.2) is 35.3 Å². The van der Waals surface area contributed by atoms with Crippen LogP contribution in [-0.4, -0.2) is 0 Å². The van der Waals surface area contributed by atoms with E-state index in [0.29, 0.717) is 0 Å². The molecular weight excluding hydrogens is 120 g/mol. The van der Waals surface area contributed by atoms with Crippen molar-refractivity contribution in [3.63, 3.8) is 0 Å². The Bertz CT molecular complexity index is 194. The maximum atomic E-state index is 2.91. The Balaban J connectivity index is 0.000000236. The third kappa shape index (κ3) is 5.18. The van der Waals surface area contributed by atoms with Gasteiger partial charge < -0.3 is 0 Å². The fourth-order valence-corrected chi connectivity index (χ4v) is 0.438. The quantitative estimate of drug-likeness (QED) is 0.446. The van der Waals surface area contributed by atoms with E-state index in [1.54, 1.807) is 0 Å². The predicted octanol–water partition coefficient (Wildman–Crippen LogP) is 3.23. The first-order valence-corrected chi connectivity index (χ1v) is 3.66. The van der Waals surface area contributed by atoms with Crippen LogP contribution in [0.1, 0.15) is 27.2 Å². The van der Waals surface area contributed by atoms with Crippen LogP contribution >= 0.6 is 0 Å². The molecule has 0 aliphatic heterocycles. The molecule has 0 aromatic rings. The molecule has 0 unspecified atom stereocenters. The van der Waals surface area contributed by atoms with Gasteiger partial charge in [0.15, 0.2) is 0 Å². The van der Waals surface area contributed by atoms with Crippen molar-refractivity contribution < 1.29 is 0 Å². The zero-order valence-corrected chi connectivity index (χ0v) is 6.94. The van der Waals surface area contributed by atoms with Gasteiger partial charge in [-0.2, -0.15) is 0 Å². The molecule has 1 aliphatic carbocycles. The second kappa shape index (κ2) is 6.16. The van der Waals surface area contributed by atoms with Crippen molar-refractivity contribution >= 4 is 0 Å². The van der Waals surface area contributed by atoms with E-state index in [1.165, 1.54) is 6.42 Å². The normalized spacial score (nSPS) is 12.1. The summed E-state index contributed by atoms with van der Waals surface area (Å²) in [5, 5.41) is 0. The summed E-state index contributed by atoms with van der Waals surface area (Å²) in [5.74, 6) is 0. The molecule has 0 aromatic carbocycles. The summed E-state index contributed by atoms with van der Waals surface area (Å²) in [5.41, 5.74) is 6.88. The summed E-state index contributed by atoms with van der Waals surface area (Å²) in [6, 6.07) is 0. The van der Waals surface area contributed by atoms with Crippen molar-refractivity contribution in [2.24, 2.45) is 0 Å². The van der Waals surface area contributed by atoms with Gasteiger partial charge in [-0.15, -0.1) is 0 Å². The number of hydrogen-bond donors (Lipinski definition) is 0. The van der Waals surface area contributed by atoms with Gasteiger partial charge in [0.2, 0.25) is 0 Å². The summed E-state index contributed by atoms with van der Waals surface area (Å²) in [4.78, 5) is 0. The maximum absolute atomic E-state index is 2.91. The summed E-state index contributed by atoms with van der Waals surface area (Å²) in [7, 11) is 0. The Morgan fingerprint density at radius 1 is 1.40 bits per heavy atom. The predicted molar refractivity (Wildman–Crippen MR) is 45.9 cm³/mol. The van der Waals surface area contributed by atoms with Crippen LogP contribution in [-0.2, 0) is 0 Å². The molecule has 0 saturated heterocycles. The Morgan fingerprint density at radius 3 is 2.20 bits per heavy atom. The van der Waals surface area contributed by atoms with Crippen LogP contribution in [0.4, 0.5) is 0 Å². The third-order valence-electron chi connectivity index (χ3n) is 0.795. The third-order valence-corrected chi connectivity index (χ3v) is 0.795. The van der Waals surface area contributed by atoms with E-state index in [1.807, 2.05) is 25.2 Å². The van der Waals surface area contributed by atoms with E-state index in [4.69, 9.17) is 0 Å². The van der Waals surface area contributed by atoms with Gasteiger partial charge in [-0.3, -0.25) is 0 Å². The molecule has 0 heteroatoms. The van der Waals surface area contributed by atoms with E-state index in [9.17, 15) is 0 Å². The van der Waals surface area contributed by atoms with Crippen LogP contribution in [0.5, 0.6) is 0 Å². The molecular formula is C10H14. The number of hydrogen-bond acceptors (Lipinski definition) is 0. The molecule has 0 nitrogen and oxygen atoms in total. The molecule has 1 aliphatic rings. The van der Waals surface area contributed by atoms with Gasteiger partial charge in [0.25, 0.3) is 0 Å². The minimum atomic E-state index is 1.14. The molecule has 54 valence electrons. The molecule has 0 bridgehead atoms. The lowest BCUT2D eigenvalue weighted by atomic mass is 10.2. The Hall–Kier alpha value is -0.960. The minimum Gasteiger partial charge on any atom is -0.0700 e. The highest BCUT2D eigenvalue weighted by atomic mass is 13.8. The monoisotopic (exact) mass is 134 g/mol. The standard InChI is InChI=1S/C7H6.C3H8/c1-7-5-3-2-4-6-7;1-3-2/h2-3,5H,1H3;3H2,1-2H3. The Kier molecular flexibility index (Phi) is 5.57. The van der Waals surface area contributed by atoms with Crippen LogP contribution in [0.2, 0.25) is 0 Å². The van der Waals surface area contributed by atoms with Gasteiger partial charge in [-0.05, 0) is 18.6 Å². The minimum absolute atomic E-state index is 1.14. The van der Waals surface area contributed by atoms with Crippen LogP contribution in [0.25, 0.3) is 0 Å². The summed E-state index contributed by atoms with van der Waals surface area (Å²) in [6.07, 6.45) is 7.04. The van der Waals surface area contributed by atoms with Crippen molar-refractivity contribution in [2.75, 3.05) is 0 Å². The lowest BCUT2D eigenvalue weighted by molar-refractivity contribution is 1.09. The van der Waals surface area contributed by atoms with E-state index in [-0.39, 0.29) is 0 Å². The average molecular weight is 134 g/mol. The van der Waals surface area contributed by atoms with Gasteiger partial charge in [0.1, 0.15) is 0 Å². The van der Waals surface area contributed by atoms with Crippen LogP contribution in [0.3, 0.4) is 0 Å². The van der Waals surface area contributed by atoms with E-state index in [0.717, 1.165) is 5.57 Å². The lowest BCUT2D eigenvalue weighted by Crippen LogP contribution is -1.62. The van der Waals surface area contributed by atoms with Crippen molar-refractivity contribution in [3.8, 4) is 0 Å². The largest absolute Gasteiger partial charge is 0.0700 e. The lowest BCUT2D eigenvalue weighted by Gasteiger charge is -1.81. The van der Waals surface area contributed by atoms with Crippen molar-refractivity contribution in [2.45, 2.75) is 27.2 Å². The van der Waals surface area contributed by atoms with E-state index >= 15 is 0 Å². The smallest absolute Gasteiger partial charge is 0.000703 e. The fourth-order valence-electron chi connectivity index (χ4n) is 0.438. The zero-order valence-electron chi connectivity index (χ0n) is 6.94. The van der Waals surface area contributed by atoms with Crippen molar-refractivity contribution in [3.05, 3.63) is 35.3 Å². The molecule has 0 spiro atoms. The zero-order chi connectivity index (χ0) is 7.82. The molecule has 0 fully saturated rings. The summed E-state index contributed by atoms with van der Waals surface area (Å²) < 4.78 is 0. The molecule has 0 atom stereocenters. The van der Waals surface area contributed by atoms with Crippen LogP contribution < -0.4 is 0 Å². The second-order valence-corrected chi connectivity index (χ2v) is 2.19. The average Bonchev–Trinajstić information content (AvgIpc) is 1.91. The first-order chi connectivity index (χ1) is 4.81. The maximum Gasteiger partial charge on any atom is -0.000703 e. The first-order valence-electron chi connectivity index (χ1n) is 3.66. The highest BCUT2D eigenvalue weighted by Gasteiger charge is 1.75. The first kappa shape index (κ1) is 9.04. The van der Waals surface area contributed by atoms with Gasteiger partial charge in [-0.1, -0.05) is 43.9 Å². The number of rotatable bonds is 0. The highest BCUT2D eigenvalue weighted by Crippen LogP contribution is 1.93. The molecule has 0 amide bonds. The highest BCUT2D eigenvalue weighted by molar-refractivity contribution is 5.23. The van der Waals surface area contributed by atoms with E-state index in [2.05, 4.69) is 25.3 Å². The molecule has 10 heavy (non-hydrogen) atoms. The molecule has 0 N–H and O–H groups in total. The van der Waals surface area contributed by atoms with Crippen LogP contribution in [0, 0.1) is 0 Å². The Morgan fingerprint density at radius 2 is 2.00 bits per heavy atom. The molecule has 0 aromatic heterocycles. The Labute approximate surface area is 63.3 Å². The molecule has 0 saturated carbocycles. The van der Waals surface area contributed by atoms with Gasteiger partial charge >= 0.3 is 0 Å². The van der Waals surface area contributed by atoms with Gasteiger partial charge in [-0.25, -0.2) is 0 Å². The van der Waals surface area contributed by atoms with Gasteiger partial charge in [0, 0.05) is 0 Å². The number of allylic oxidation sites excluding steroid dienone is 4.